The van der Waals surface area contributed by atoms with Gasteiger partial charge in [-0.3, -0.25) is 0 Å². The number of allylic oxidation sites excluding steroid dienone is 3. The molecule has 1 heterocycles. The van der Waals surface area contributed by atoms with Gasteiger partial charge in [0, 0.05) is 13.1 Å². The third-order valence-electron chi connectivity index (χ3n) is 4.02. The van der Waals surface area contributed by atoms with Crippen LogP contribution in [0.4, 0.5) is 0 Å². The second kappa shape index (κ2) is 7.85. The number of morpholine rings is 1. The van der Waals surface area contributed by atoms with E-state index in [-0.39, 0.29) is 15.2 Å². The minimum atomic E-state index is -3.81. The molecule has 5 nitrogen and oxygen atoms in total. The Morgan fingerprint density at radius 1 is 1.20 bits per heavy atom. The van der Waals surface area contributed by atoms with Gasteiger partial charge in [0.15, 0.2) is 0 Å². The van der Waals surface area contributed by atoms with Crippen LogP contribution < -0.4 is 0 Å². The Morgan fingerprint density at radius 3 is 2.32 bits per heavy atom. The first-order valence-electron chi connectivity index (χ1n) is 8.21. The number of nitrogens with zero attached hydrogens (tertiary/aromatic N) is 2. The number of hydrogen-bond acceptors (Lipinski definition) is 5. The molecule has 1 fully saturated rings. The lowest BCUT2D eigenvalue weighted by Gasteiger charge is -2.24. The first-order chi connectivity index (χ1) is 11.7. The minimum Gasteiger partial charge on any atom is -0.378 e. The third kappa shape index (κ3) is 4.94. The average molecular weight is 360 g/mol. The summed E-state index contributed by atoms with van der Waals surface area (Å²) >= 11 is 0. The van der Waals surface area contributed by atoms with E-state index < -0.39 is 9.84 Å². The van der Waals surface area contributed by atoms with Crippen LogP contribution in [0.3, 0.4) is 0 Å². The monoisotopic (exact) mass is 360 g/mol. The summed E-state index contributed by atoms with van der Waals surface area (Å²) in [5.74, 6) is 0. The third-order valence-corrected chi connectivity index (χ3v) is 5.72. The molecule has 0 N–H and O–H groups in total. The van der Waals surface area contributed by atoms with Gasteiger partial charge in [-0.25, -0.2) is 8.42 Å². The van der Waals surface area contributed by atoms with Gasteiger partial charge in [0.25, 0.3) is 0 Å². The Balaban J connectivity index is 2.21. The Morgan fingerprint density at radius 2 is 1.80 bits per heavy atom. The number of rotatable bonds is 4. The molecule has 0 radical (unpaired) electrons. The number of sulfone groups is 1. The molecule has 6 heteroatoms. The van der Waals surface area contributed by atoms with E-state index >= 15 is 0 Å². The molecule has 0 atom stereocenters. The summed E-state index contributed by atoms with van der Waals surface area (Å²) in [7, 11) is -3.81. The molecule has 0 saturated carbocycles. The van der Waals surface area contributed by atoms with E-state index in [1.165, 1.54) is 6.08 Å². The van der Waals surface area contributed by atoms with Crippen molar-refractivity contribution < 1.29 is 13.2 Å². The van der Waals surface area contributed by atoms with E-state index in [4.69, 9.17) is 4.74 Å². The van der Waals surface area contributed by atoms with E-state index in [9.17, 15) is 13.7 Å². The molecule has 25 heavy (non-hydrogen) atoms. The van der Waals surface area contributed by atoms with Crippen molar-refractivity contribution in [3.63, 3.8) is 0 Å². The van der Waals surface area contributed by atoms with Gasteiger partial charge in [-0.05, 0) is 41.5 Å². The van der Waals surface area contributed by atoms with Crippen LogP contribution in [-0.2, 0) is 20.0 Å². The molecule has 1 aromatic rings. The van der Waals surface area contributed by atoms with E-state index in [1.807, 2.05) is 4.90 Å². The van der Waals surface area contributed by atoms with Crippen molar-refractivity contribution >= 4 is 9.84 Å². The SMILES string of the molecule is CC(C)(C)c1ccc(S(=O)(=O)C(C#N)=CC=CN2CCOCC2)cc1. The molecule has 0 unspecified atom stereocenters. The van der Waals surface area contributed by atoms with E-state index in [1.54, 1.807) is 42.6 Å². The summed E-state index contributed by atoms with van der Waals surface area (Å²) in [6, 6.07) is 8.52. The minimum absolute atomic E-state index is 0.0584. The molecular weight excluding hydrogens is 336 g/mol. The largest absolute Gasteiger partial charge is 0.378 e. The molecule has 1 aromatic carbocycles. The predicted molar refractivity (Wildman–Crippen MR) is 97.6 cm³/mol. The Hall–Kier alpha value is -2.10. The van der Waals surface area contributed by atoms with Crippen molar-refractivity contribution in [1.29, 1.82) is 5.26 Å². The highest BCUT2D eigenvalue weighted by Crippen LogP contribution is 2.25. The molecule has 0 spiro atoms. The summed E-state index contributed by atoms with van der Waals surface area (Å²) in [4.78, 5) is 1.90. The first-order valence-corrected chi connectivity index (χ1v) is 9.69. The van der Waals surface area contributed by atoms with Crippen LogP contribution in [0.2, 0.25) is 0 Å². The van der Waals surface area contributed by atoms with E-state index in [2.05, 4.69) is 20.8 Å². The second-order valence-electron chi connectivity index (χ2n) is 6.91. The molecular formula is C19H24N2O3S. The van der Waals surface area contributed by atoms with Crippen molar-refractivity contribution in [2.24, 2.45) is 0 Å². The van der Waals surface area contributed by atoms with Crippen LogP contribution in [0.1, 0.15) is 26.3 Å². The van der Waals surface area contributed by atoms with Crippen LogP contribution >= 0.6 is 0 Å². The highest BCUT2D eigenvalue weighted by Gasteiger charge is 2.21. The van der Waals surface area contributed by atoms with Gasteiger partial charge >= 0.3 is 0 Å². The fourth-order valence-electron chi connectivity index (χ4n) is 2.43. The fraction of sp³-hybridized carbons (Fsp3) is 0.421. The number of benzene rings is 1. The van der Waals surface area contributed by atoms with Crippen molar-refractivity contribution in [2.45, 2.75) is 31.1 Å². The maximum atomic E-state index is 12.6. The highest BCUT2D eigenvalue weighted by atomic mass is 32.2. The van der Waals surface area contributed by atoms with Gasteiger partial charge in [0.05, 0.1) is 18.1 Å². The fourth-order valence-corrected chi connectivity index (χ4v) is 3.55. The van der Waals surface area contributed by atoms with Gasteiger partial charge in [0.1, 0.15) is 11.0 Å². The van der Waals surface area contributed by atoms with Crippen molar-refractivity contribution in [3.05, 3.63) is 53.1 Å². The summed E-state index contributed by atoms with van der Waals surface area (Å²) in [6.07, 6.45) is 4.74. The van der Waals surface area contributed by atoms with Crippen molar-refractivity contribution in [1.82, 2.24) is 4.90 Å². The molecule has 0 aromatic heterocycles. The Kier molecular flexibility index (Phi) is 6.04. The summed E-state index contributed by atoms with van der Waals surface area (Å²) in [5.41, 5.74) is 0.984. The number of hydrogen-bond donors (Lipinski definition) is 0. The second-order valence-corrected chi connectivity index (χ2v) is 8.83. The highest BCUT2D eigenvalue weighted by molar-refractivity contribution is 7.95. The van der Waals surface area contributed by atoms with Gasteiger partial charge < -0.3 is 9.64 Å². The van der Waals surface area contributed by atoms with E-state index in [0.29, 0.717) is 13.2 Å². The zero-order chi connectivity index (χ0) is 18.5. The molecule has 0 amide bonds. The van der Waals surface area contributed by atoms with Crippen LogP contribution in [0, 0.1) is 11.3 Å². The molecule has 1 saturated heterocycles. The molecule has 0 bridgehead atoms. The quantitative estimate of drug-likeness (QED) is 0.610. The van der Waals surface area contributed by atoms with Gasteiger partial charge in [-0.15, -0.1) is 0 Å². The van der Waals surface area contributed by atoms with Crippen LogP contribution in [0.25, 0.3) is 0 Å². The molecule has 1 aliphatic rings. The van der Waals surface area contributed by atoms with Crippen molar-refractivity contribution in [3.8, 4) is 6.07 Å². The van der Waals surface area contributed by atoms with Crippen LogP contribution in [0.15, 0.2) is 52.4 Å². The van der Waals surface area contributed by atoms with Gasteiger partial charge in [0.2, 0.25) is 9.84 Å². The topological polar surface area (TPSA) is 70.4 Å². The van der Waals surface area contributed by atoms with Gasteiger partial charge in [-0.2, -0.15) is 5.26 Å². The first kappa shape index (κ1) is 19.2. The van der Waals surface area contributed by atoms with E-state index in [0.717, 1.165) is 18.7 Å². The zero-order valence-corrected chi connectivity index (χ0v) is 15.7. The van der Waals surface area contributed by atoms with Crippen molar-refractivity contribution in [2.75, 3.05) is 26.3 Å². The molecule has 134 valence electrons. The lowest BCUT2D eigenvalue weighted by atomic mass is 9.87. The average Bonchev–Trinajstić information content (AvgIpc) is 2.59. The molecule has 2 rings (SSSR count). The lowest BCUT2D eigenvalue weighted by molar-refractivity contribution is 0.0594. The predicted octanol–water partition coefficient (Wildman–Crippen LogP) is 3.01. The van der Waals surface area contributed by atoms with Crippen LogP contribution in [-0.4, -0.2) is 39.6 Å². The normalized spacial score (nSPS) is 16.9. The number of nitriles is 1. The lowest BCUT2D eigenvalue weighted by Crippen LogP contribution is -2.31. The van der Waals surface area contributed by atoms with Gasteiger partial charge in [-0.1, -0.05) is 32.9 Å². The maximum absolute atomic E-state index is 12.6. The Bertz CT molecular complexity index is 789. The Labute approximate surface area is 150 Å². The molecule has 0 aliphatic carbocycles. The summed E-state index contributed by atoms with van der Waals surface area (Å²) < 4.78 is 30.6. The number of ether oxygens (including phenoxy) is 1. The molecule has 1 aliphatic heterocycles. The standard InChI is InChI=1S/C19H24N2O3S/c1-19(2,3)16-6-8-17(9-7-16)25(22,23)18(15-20)5-4-10-21-11-13-24-14-12-21/h4-10H,11-14H2,1-3H3. The maximum Gasteiger partial charge on any atom is 0.216 e. The smallest absolute Gasteiger partial charge is 0.216 e. The summed E-state index contributed by atoms with van der Waals surface area (Å²) in [6.45, 7) is 9.00. The summed E-state index contributed by atoms with van der Waals surface area (Å²) in [5, 5.41) is 9.28. The zero-order valence-electron chi connectivity index (χ0n) is 14.9. The van der Waals surface area contributed by atoms with Crippen LogP contribution in [0.5, 0.6) is 0 Å².